The maximum absolute atomic E-state index is 13.6. The highest BCUT2D eigenvalue weighted by Crippen LogP contribution is 2.31. The summed E-state index contributed by atoms with van der Waals surface area (Å²) in [6.07, 6.45) is 1.47. The van der Waals surface area contributed by atoms with Crippen molar-refractivity contribution in [3.63, 3.8) is 0 Å². The largest absolute Gasteiger partial charge is 0.496 e. The van der Waals surface area contributed by atoms with Crippen LogP contribution in [-0.2, 0) is 0 Å². The minimum absolute atomic E-state index is 0.189. The Balaban J connectivity index is 2.48. The van der Waals surface area contributed by atoms with Gasteiger partial charge in [-0.2, -0.15) is 0 Å². The van der Waals surface area contributed by atoms with Crippen LogP contribution in [0.2, 0.25) is 0 Å². The topological polar surface area (TPSA) is 42.4 Å². The molecule has 0 fully saturated rings. The number of halogens is 1. The van der Waals surface area contributed by atoms with Gasteiger partial charge in [0.15, 0.2) is 0 Å². The third-order valence-corrected chi connectivity index (χ3v) is 2.78. The number of benzene rings is 1. The number of aryl methyl sites for hydroxylation is 1. The average molecular weight is 247 g/mol. The zero-order valence-corrected chi connectivity index (χ0v) is 10.2. The molecule has 3 nitrogen and oxygen atoms in total. The van der Waals surface area contributed by atoms with E-state index in [1.165, 1.54) is 19.4 Å². The molecule has 0 aliphatic carbocycles. The molecule has 0 bridgehead atoms. The molecule has 2 aromatic rings. The van der Waals surface area contributed by atoms with Crippen molar-refractivity contribution < 1.29 is 14.2 Å². The molecular formula is C14H14FNO2. The van der Waals surface area contributed by atoms with Crippen molar-refractivity contribution in [1.82, 2.24) is 4.98 Å². The van der Waals surface area contributed by atoms with Crippen LogP contribution >= 0.6 is 0 Å². The molecule has 0 aliphatic heterocycles. The van der Waals surface area contributed by atoms with Gasteiger partial charge in [0.05, 0.1) is 13.3 Å². The van der Waals surface area contributed by atoms with Gasteiger partial charge in [-0.25, -0.2) is 4.39 Å². The molecular weight excluding hydrogens is 233 g/mol. The van der Waals surface area contributed by atoms with Gasteiger partial charge in [-0.1, -0.05) is 11.6 Å². The Morgan fingerprint density at radius 2 is 2.06 bits per heavy atom. The number of ether oxygens (including phenoxy) is 1. The van der Waals surface area contributed by atoms with Gasteiger partial charge in [-0.05, 0) is 25.1 Å². The highest BCUT2D eigenvalue weighted by Gasteiger charge is 2.18. The highest BCUT2D eigenvalue weighted by molar-refractivity contribution is 5.42. The summed E-state index contributed by atoms with van der Waals surface area (Å²) in [5, 5.41) is 10.3. The number of methoxy groups -OCH3 is 1. The van der Waals surface area contributed by atoms with Crippen LogP contribution in [0.25, 0.3) is 0 Å². The number of hydrogen-bond donors (Lipinski definition) is 1. The second-order valence-corrected chi connectivity index (χ2v) is 4.05. The van der Waals surface area contributed by atoms with Gasteiger partial charge < -0.3 is 9.84 Å². The lowest BCUT2D eigenvalue weighted by Gasteiger charge is -2.16. The van der Waals surface area contributed by atoms with E-state index in [-0.39, 0.29) is 5.56 Å². The number of rotatable bonds is 3. The Hall–Kier alpha value is -1.94. The maximum Gasteiger partial charge on any atom is 0.147 e. The molecule has 1 aromatic carbocycles. The fourth-order valence-electron chi connectivity index (χ4n) is 1.84. The average Bonchev–Trinajstić information content (AvgIpc) is 2.38. The van der Waals surface area contributed by atoms with Gasteiger partial charge in [0.1, 0.15) is 17.7 Å². The van der Waals surface area contributed by atoms with Crippen molar-refractivity contribution in [2.75, 3.05) is 7.11 Å². The van der Waals surface area contributed by atoms with E-state index in [1.54, 1.807) is 12.1 Å². The zero-order valence-electron chi connectivity index (χ0n) is 10.2. The van der Waals surface area contributed by atoms with E-state index in [4.69, 9.17) is 4.74 Å². The van der Waals surface area contributed by atoms with E-state index in [9.17, 15) is 9.50 Å². The van der Waals surface area contributed by atoms with Gasteiger partial charge in [0.2, 0.25) is 0 Å². The Kier molecular flexibility index (Phi) is 3.58. The minimum Gasteiger partial charge on any atom is -0.496 e. The number of aromatic nitrogens is 1. The van der Waals surface area contributed by atoms with Crippen LogP contribution in [0, 0.1) is 12.7 Å². The summed E-state index contributed by atoms with van der Waals surface area (Å²) in [6, 6.07) is 6.87. The molecule has 0 saturated carbocycles. The Morgan fingerprint density at radius 3 is 2.72 bits per heavy atom. The fourth-order valence-corrected chi connectivity index (χ4v) is 1.84. The Bertz CT molecular complexity index is 557. The quantitative estimate of drug-likeness (QED) is 0.906. The number of hydrogen-bond acceptors (Lipinski definition) is 3. The Morgan fingerprint density at radius 1 is 1.28 bits per heavy atom. The van der Waals surface area contributed by atoms with E-state index in [1.807, 2.05) is 13.0 Å². The van der Waals surface area contributed by atoms with Gasteiger partial charge in [-0.3, -0.25) is 4.98 Å². The van der Waals surface area contributed by atoms with Crippen LogP contribution in [0.3, 0.4) is 0 Å². The first-order chi connectivity index (χ1) is 8.63. The fraction of sp³-hybridized carbons (Fsp3) is 0.214. The van der Waals surface area contributed by atoms with E-state index >= 15 is 0 Å². The summed E-state index contributed by atoms with van der Waals surface area (Å²) < 4.78 is 18.8. The van der Waals surface area contributed by atoms with Gasteiger partial charge >= 0.3 is 0 Å². The third kappa shape index (κ3) is 2.33. The lowest BCUT2D eigenvalue weighted by molar-refractivity contribution is 0.209. The lowest BCUT2D eigenvalue weighted by atomic mass is 9.99. The molecule has 2 rings (SSSR count). The number of aliphatic hydroxyl groups excluding tert-OH is 1. The predicted octanol–water partition coefficient (Wildman–Crippen LogP) is 2.62. The van der Waals surface area contributed by atoms with Crippen molar-refractivity contribution in [3.8, 4) is 5.75 Å². The summed E-state index contributed by atoms with van der Waals surface area (Å²) in [4.78, 5) is 3.66. The molecule has 0 radical (unpaired) electrons. The zero-order chi connectivity index (χ0) is 13.1. The highest BCUT2D eigenvalue weighted by atomic mass is 19.1. The monoisotopic (exact) mass is 247 g/mol. The lowest BCUT2D eigenvalue weighted by Crippen LogP contribution is -2.05. The van der Waals surface area contributed by atoms with Crippen LogP contribution in [0.4, 0.5) is 4.39 Å². The maximum atomic E-state index is 13.6. The Labute approximate surface area is 105 Å². The van der Waals surface area contributed by atoms with Crippen molar-refractivity contribution in [2.45, 2.75) is 13.0 Å². The third-order valence-electron chi connectivity index (χ3n) is 2.78. The minimum atomic E-state index is -1.07. The van der Waals surface area contributed by atoms with Gasteiger partial charge in [0.25, 0.3) is 0 Å². The molecule has 0 amide bonds. The van der Waals surface area contributed by atoms with Crippen molar-refractivity contribution in [2.24, 2.45) is 0 Å². The van der Waals surface area contributed by atoms with Crippen LogP contribution in [-0.4, -0.2) is 17.2 Å². The summed E-state index contributed by atoms with van der Waals surface area (Å²) in [7, 11) is 1.52. The molecule has 18 heavy (non-hydrogen) atoms. The molecule has 0 saturated heterocycles. The second kappa shape index (κ2) is 5.14. The molecule has 4 heteroatoms. The smallest absolute Gasteiger partial charge is 0.147 e. The van der Waals surface area contributed by atoms with Crippen molar-refractivity contribution in [1.29, 1.82) is 0 Å². The van der Waals surface area contributed by atoms with Gasteiger partial charge in [-0.15, -0.1) is 0 Å². The van der Waals surface area contributed by atoms with Crippen LogP contribution in [0.5, 0.6) is 5.75 Å². The molecule has 94 valence electrons. The van der Waals surface area contributed by atoms with Crippen LogP contribution < -0.4 is 4.74 Å². The first-order valence-electron chi connectivity index (χ1n) is 5.55. The van der Waals surface area contributed by atoms with Gasteiger partial charge in [0, 0.05) is 17.3 Å². The number of nitrogens with zero attached hydrogens (tertiary/aromatic N) is 1. The van der Waals surface area contributed by atoms with Crippen molar-refractivity contribution >= 4 is 0 Å². The number of pyridine rings is 1. The normalized spacial score (nSPS) is 12.2. The molecule has 1 unspecified atom stereocenters. The molecule has 1 atom stereocenters. The molecule has 1 heterocycles. The first kappa shape index (κ1) is 12.5. The molecule has 1 aromatic heterocycles. The summed E-state index contributed by atoms with van der Waals surface area (Å²) in [5.74, 6) is -0.00197. The molecule has 0 spiro atoms. The van der Waals surface area contributed by atoms with E-state index < -0.39 is 11.9 Å². The number of aliphatic hydroxyl groups is 1. The molecule has 1 N–H and O–H groups in total. The van der Waals surface area contributed by atoms with Crippen molar-refractivity contribution in [3.05, 3.63) is 59.2 Å². The van der Waals surface area contributed by atoms with Crippen LogP contribution in [0.1, 0.15) is 22.8 Å². The van der Waals surface area contributed by atoms with Crippen LogP contribution in [0.15, 0.2) is 36.7 Å². The summed E-state index contributed by atoms with van der Waals surface area (Å²) >= 11 is 0. The van der Waals surface area contributed by atoms with E-state index in [0.29, 0.717) is 11.3 Å². The summed E-state index contributed by atoms with van der Waals surface area (Å²) in [6.45, 7) is 1.90. The summed E-state index contributed by atoms with van der Waals surface area (Å²) in [5.41, 5.74) is 1.70. The SMILES string of the molecule is COc1ccc(C)cc1C(O)c1ccncc1F. The first-order valence-corrected chi connectivity index (χ1v) is 5.55. The molecule has 0 aliphatic rings. The standard InChI is InChI=1S/C14H14FNO2/c1-9-3-4-13(18-2)11(7-9)14(17)10-5-6-16-8-12(10)15/h3-8,14,17H,1-2H3. The van der Waals surface area contributed by atoms with E-state index in [0.717, 1.165) is 11.8 Å². The predicted molar refractivity (Wildman–Crippen MR) is 66.0 cm³/mol. The van der Waals surface area contributed by atoms with E-state index in [2.05, 4.69) is 4.98 Å². The second-order valence-electron chi connectivity index (χ2n) is 4.05.